The van der Waals surface area contributed by atoms with Crippen LogP contribution in [0.3, 0.4) is 0 Å². The number of nitrogens with two attached hydrogens (primary N) is 2. The van der Waals surface area contributed by atoms with Gasteiger partial charge in [-0.2, -0.15) is 0 Å². The van der Waals surface area contributed by atoms with Gasteiger partial charge in [-0.25, -0.2) is 4.39 Å². The third kappa shape index (κ3) is 3.48. The van der Waals surface area contributed by atoms with E-state index < -0.39 is 23.5 Å². The Hall–Kier alpha value is -2.73. The van der Waals surface area contributed by atoms with E-state index in [-0.39, 0.29) is 17.8 Å². The minimum Gasteiger partial charge on any atom is -0.366 e. The molecule has 2 amide bonds. The lowest BCUT2D eigenvalue weighted by atomic mass is 9.98. The van der Waals surface area contributed by atoms with Crippen molar-refractivity contribution in [2.75, 3.05) is 11.9 Å². The summed E-state index contributed by atoms with van der Waals surface area (Å²) >= 11 is 0. The third-order valence-electron chi connectivity index (χ3n) is 3.27. The van der Waals surface area contributed by atoms with E-state index in [1.807, 2.05) is 6.07 Å². The Morgan fingerprint density at radius 3 is 2.36 bits per heavy atom. The first-order valence-electron chi connectivity index (χ1n) is 6.68. The van der Waals surface area contributed by atoms with Crippen molar-refractivity contribution < 1.29 is 14.0 Å². The van der Waals surface area contributed by atoms with Crippen LogP contribution in [0.5, 0.6) is 0 Å². The van der Waals surface area contributed by atoms with E-state index in [0.717, 1.165) is 11.6 Å². The van der Waals surface area contributed by atoms with Gasteiger partial charge in [0.15, 0.2) is 0 Å². The number of carbonyl (C=O) groups is 2. The average molecular weight is 301 g/mol. The molecule has 0 radical (unpaired) electrons. The summed E-state index contributed by atoms with van der Waals surface area (Å²) in [5.74, 6) is -2.47. The molecule has 0 aliphatic carbocycles. The lowest BCUT2D eigenvalue weighted by Crippen LogP contribution is -2.27. The van der Waals surface area contributed by atoms with Crippen LogP contribution in [0, 0.1) is 5.82 Å². The van der Waals surface area contributed by atoms with Crippen LogP contribution < -0.4 is 16.8 Å². The highest BCUT2D eigenvalue weighted by atomic mass is 19.1. The van der Waals surface area contributed by atoms with Crippen molar-refractivity contribution in [2.24, 2.45) is 11.5 Å². The number of primary amides is 1. The SMILES string of the molecule is NC[C@@H](C(=O)Nc1ccc(C(N)=O)cc1F)c1ccccc1. The molecule has 2 aromatic rings. The van der Waals surface area contributed by atoms with Crippen molar-refractivity contribution in [3.8, 4) is 0 Å². The molecule has 0 heterocycles. The zero-order valence-corrected chi connectivity index (χ0v) is 11.8. The third-order valence-corrected chi connectivity index (χ3v) is 3.27. The fourth-order valence-electron chi connectivity index (χ4n) is 2.07. The predicted octanol–water partition coefficient (Wildman–Crippen LogP) is 1.61. The van der Waals surface area contributed by atoms with Crippen LogP contribution >= 0.6 is 0 Å². The summed E-state index contributed by atoms with van der Waals surface area (Å²) in [5, 5.41) is 2.48. The second kappa shape index (κ2) is 6.82. The molecule has 0 unspecified atom stereocenters. The van der Waals surface area contributed by atoms with Gasteiger partial charge in [-0.1, -0.05) is 30.3 Å². The summed E-state index contributed by atoms with van der Waals surface area (Å²) in [5.41, 5.74) is 11.5. The Labute approximate surface area is 127 Å². The molecule has 0 saturated carbocycles. The van der Waals surface area contributed by atoms with Crippen molar-refractivity contribution >= 4 is 17.5 Å². The van der Waals surface area contributed by atoms with Gasteiger partial charge in [0.05, 0.1) is 11.6 Å². The van der Waals surface area contributed by atoms with Crippen LogP contribution in [0.1, 0.15) is 21.8 Å². The van der Waals surface area contributed by atoms with Gasteiger partial charge in [0.2, 0.25) is 11.8 Å². The van der Waals surface area contributed by atoms with E-state index in [1.165, 1.54) is 12.1 Å². The minimum absolute atomic E-state index is 0.0237. The number of carbonyl (C=O) groups excluding carboxylic acids is 2. The summed E-state index contributed by atoms with van der Waals surface area (Å²) in [7, 11) is 0. The van der Waals surface area contributed by atoms with E-state index in [2.05, 4.69) is 5.32 Å². The van der Waals surface area contributed by atoms with Crippen molar-refractivity contribution in [3.63, 3.8) is 0 Å². The zero-order valence-electron chi connectivity index (χ0n) is 11.8. The van der Waals surface area contributed by atoms with Gasteiger partial charge in [0.25, 0.3) is 0 Å². The summed E-state index contributed by atoms with van der Waals surface area (Å²) < 4.78 is 13.9. The Morgan fingerprint density at radius 1 is 1.14 bits per heavy atom. The van der Waals surface area contributed by atoms with Crippen molar-refractivity contribution in [1.29, 1.82) is 0 Å². The number of rotatable bonds is 5. The Kier molecular flexibility index (Phi) is 4.85. The van der Waals surface area contributed by atoms with Gasteiger partial charge >= 0.3 is 0 Å². The molecule has 1 atom stereocenters. The first kappa shape index (κ1) is 15.7. The van der Waals surface area contributed by atoms with Crippen LogP contribution in [0.2, 0.25) is 0 Å². The molecule has 2 aromatic carbocycles. The maximum absolute atomic E-state index is 13.9. The summed E-state index contributed by atoms with van der Waals surface area (Å²) in [6.45, 7) is 0.0941. The number of nitrogens with one attached hydrogen (secondary N) is 1. The fraction of sp³-hybridized carbons (Fsp3) is 0.125. The summed E-state index contributed by atoms with van der Waals surface area (Å²) in [6, 6.07) is 12.6. The van der Waals surface area contributed by atoms with Crippen molar-refractivity contribution in [1.82, 2.24) is 0 Å². The molecule has 0 saturated heterocycles. The molecule has 5 N–H and O–H groups in total. The monoisotopic (exact) mass is 301 g/mol. The first-order valence-corrected chi connectivity index (χ1v) is 6.68. The second-order valence-corrected chi connectivity index (χ2v) is 4.75. The normalized spacial score (nSPS) is 11.7. The molecular formula is C16H16FN3O2. The molecule has 114 valence electrons. The fourth-order valence-corrected chi connectivity index (χ4v) is 2.07. The van der Waals surface area contributed by atoms with Crippen LogP contribution in [-0.4, -0.2) is 18.4 Å². The van der Waals surface area contributed by atoms with Gasteiger partial charge in [0.1, 0.15) is 5.82 Å². The van der Waals surface area contributed by atoms with Gasteiger partial charge in [-0.05, 0) is 23.8 Å². The molecule has 0 aromatic heterocycles. The number of hydrogen-bond acceptors (Lipinski definition) is 3. The minimum atomic E-state index is -0.735. The van der Waals surface area contributed by atoms with E-state index in [9.17, 15) is 14.0 Å². The van der Waals surface area contributed by atoms with Crippen LogP contribution in [-0.2, 0) is 4.79 Å². The Balaban J connectivity index is 2.19. The highest BCUT2D eigenvalue weighted by Crippen LogP contribution is 2.20. The first-order chi connectivity index (χ1) is 10.5. The quantitative estimate of drug-likeness (QED) is 0.782. The molecular weight excluding hydrogens is 285 g/mol. The van der Waals surface area contributed by atoms with E-state index in [0.29, 0.717) is 0 Å². The maximum atomic E-state index is 13.9. The lowest BCUT2D eigenvalue weighted by molar-refractivity contribution is -0.117. The summed E-state index contributed by atoms with van der Waals surface area (Å²) in [6.07, 6.45) is 0. The maximum Gasteiger partial charge on any atom is 0.248 e. The molecule has 0 fully saturated rings. The van der Waals surface area contributed by atoms with Crippen LogP contribution in [0.25, 0.3) is 0 Å². The zero-order chi connectivity index (χ0) is 16.1. The largest absolute Gasteiger partial charge is 0.366 e. The molecule has 0 aliphatic rings. The molecule has 0 spiro atoms. The molecule has 0 aliphatic heterocycles. The number of halogens is 1. The van der Waals surface area contributed by atoms with Gasteiger partial charge in [-0.15, -0.1) is 0 Å². The molecule has 0 bridgehead atoms. The van der Waals surface area contributed by atoms with Crippen molar-refractivity contribution in [2.45, 2.75) is 5.92 Å². The number of amides is 2. The summed E-state index contributed by atoms with van der Waals surface area (Å²) in [4.78, 5) is 23.2. The Bertz CT molecular complexity index is 689. The van der Waals surface area contributed by atoms with Crippen LogP contribution in [0.4, 0.5) is 10.1 Å². The lowest BCUT2D eigenvalue weighted by Gasteiger charge is -2.15. The number of anilines is 1. The highest BCUT2D eigenvalue weighted by Gasteiger charge is 2.20. The number of benzene rings is 2. The molecule has 6 heteroatoms. The van der Waals surface area contributed by atoms with E-state index in [1.54, 1.807) is 24.3 Å². The molecule has 2 rings (SSSR count). The van der Waals surface area contributed by atoms with Crippen molar-refractivity contribution in [3.05, 3.63) is 65.5 Å². The second-order valence-electron chi connectivity index (χ2n) is 4.75. The van der Waals surface area contributed by atoms with Gasteiger partial charge < -0.3 is 16.8 Å². The standard InChI is InChI=1S/C16H16FN3O2/c17-13-8-11(15(19)21)6-7-14(13)20-16(22)12(9-18)10-4-2-1-3-5-10/h1-8,12H,9,18H2,(H2,19,21)(H,20,22)/t12-/m1/s1. The topological polar surface area (TPSA) is 98.2 Å². The van der Waals surface area contributed by atoms with Gasteiger partial charge in [0, 0.05) is 12.1 Å². The molecule has 5 nitrogen and oxygen atoms in total. The van der Waals surface area contributed by atoms with E-state index >= 15 is 0 Å². The van der Waals surface area contributed by atoms with Gasteiger partial charge in [-0.3, -0.25) is 9.59 Å². The highest BCUT2D eigenvalue weighted by molar-refractivity contribution is 5.97. The van der Waals surface area contributed by atoms with Crippen LogP contribution in [0.15, 0.2) is 48.5 Å². The predicted molar refractivity (Wildman–Crippen MR) is 81.8 cm³/mol. The molecule has 22 heavy (non-hydrogen) atoms. The Morgan fingerprint density at radius 2 is 1.82 bits per heavy atom. The average Bonchev–Trinajstić information content (AvgIpc) is 2.51. The number of hydrogen-bond donors (Lipinski definition) is 3. The van der Waals surface area contributed by atoms with E-state index in [4.69, 9.17) is 11.5 Å². The smallest absolute Gasteiger partial charge is 0.248 e.